The lowest BCUT2D eigenvalue weighted by Crippen LogP contribution is -2.38. The SMILES string of the molecule is O=C(OCCO)N1CCC(c2ccccc2)CC1. The van der Waals surface area contributed by atoms with Gasteiger partial charge in [0.2, 0.25) is 0 Å². The lowest BCUT2D eigenvalue weighted by atomic mass is 9.90. The second-order valence-electron chi connectivity index (χ2n) is 4.51. The number of carbonyl (C=O) groups is 1. The first-order chi connectivity index (χ1) is 8.81. The molecule has 1 N–H and O–H groups in total. The minimum Gasteiger partial charge on any atom is -0.447 e. The molecule has 0 aromatic heterocycles. The summed E-state index contributed by atoms with van der Waals surface area (Å²) in [6.07, 6.45) is 1.63. The third kappa shape index (κ3) is 3.23. The van der Waals surface area contributed by atoms with Crippen molar-refractivity contribution in [2.24, 2.45) is 0 Å². The molecule has 0 atom stereocenters. The minimum atomic E-state index is -0.310. The van der Waals surface area contributed by atoms with Crippen LogP contribution in [0.4, 0.5) is 4.79 Å². The number of nitrogens with zero attached hydrogens (tertiary/aromatic N) is 1. The number of likely N-dealkylation sites (tertiary alicyclic amines) is 1. The van der Waals surface area contributed by atoms with Gasteiger partial charge in [0.25, 0.3) is 0 Å². The molecule has 4 nitrogen and oxygen atoms in total. The van der Waals surface area contributed by atoms with Gasteiger partial charge < -0.3 is 14.7 Å². The summed E-state index contributed by atoms with van der Waals surface area (Å²) < 4.78 is 4.91. The van der Waals surface area contributed by atoms with Crippen LogP contribution in [0, 0.1) is 0 Å². The number of aliphatic hydroxyl groups excluding tert-OH is 1. The molecule has 2 rings (SSSR count). The number of amides is 1. The Morgan fingerprint density at radius 1 is 1.28 bits per heavy atom. The number of hydrogen-bond donors (Lipinski definition) is 1. The third-order valence-electron chi connectivity index (χ3n) is 3.34. The predicted octanol–water partition coefficient (Wildman–Crippen LogP) is 1.99. The molecule has 1 heterocycles. The highest BCUT2D eigenvalue weighted by Gasteiger charge is 2.24. The maximum absolute atomic E-state index is 11.6. The van der Waals surface area contributed by atoms with E-state index >= 15 is 0 Å². The van der Waals surface area contributed by atoms with Crippen LogP contribution in [-0.2, 0) is 4.74 Å². The first-order valence-corrected chi connectivity index (χ1v) is 6.39. The zero-order chi connectivity index (χ0) is 12.8. The van der Waals surface area contributed by atoms with Gasteiger partial charge in [-0.15, -0.1) is 0 Å². The summed E-state index contributed by atoms with van der Waals surface area (Å²) in [6, 6.07) is 10.4. The van der Waals surface area contributed by atoms with Crippen LogP contribution in [0.15, 0.2) is 30.3 Å². The molecule has 0 saturated carbocycles. The van der Waals surface area contributed by atoms with Gasteiger partial charge in [-0.2, -0.15) is 0 Å². The molecule has 1 aliphatic rings. The molecule has 0 spiro atoms. The van der Waals surface area contributed by atoms with Crippen LogP contribution in [0.5, 0.6) is 0 Å². The van der Waals surface area contributed by atoms with Crippen LogP contribution in [0.25, 0.3) is 0 Å². The number of benzene rings is 1. The molecule has 1 fully saturated rings. The lowest BCUT2D eigenvalue weighted by Gasteiger charge is -2.31. The Bertz CT molecular complexity index is 372. The van der Waals surface area contributed by atoms with E-state index in [4.69, 9.17) is 9.84 Å². The van der Waals surface area contributed by atoms with E-state index in [9.17, 15) is 4.79 Å². The summed E-state index contributed by atoms with van der Waals surface area (Å²) in [5, 5.41) is 8.61. The van der Waals surface area contributed by atoms with Gasteiger partial charge in [-0.1, -0.05) is 30.3 Å². The van der Waals surface area contributed by atoms with Crippen molar-refractivity contribution < 1.29 is 14.6 Å². The summed E-state index contributed by atoms with van der Waals surface area (Å²) in [6.45, 7) is 1.41. The van der Waals surface area contributed by atoms with Crippen molar-refractivity contribution in [3.63, 3.8) is 0 Å². The molecule has 1 saturated heterocycles. The largest absolute Gasteiger partial charge is 0.447 e. The third-order valence-corrected chi connectivity index (χ3v) is 3.34. The molecule has 1 aromatic carbocycles. The van der Waals surface area contributed by atoms with Crippen LogP contribution in [0.2, 0.25) is 0 Å². The van der Waals surface area contributed by atoms with E-state index in [1.54, 1.807) is 4.90 Å². The summed E-state index contributed by atoms with van der Waals surface area (Å²) in [4.78, 5) is 13.3. The molecule has 4 heteroatoms. The molecule has 0 unspecified atom stereocenters. The minimum absolute atomic E-state index is 0.0808. The quantitative estimate of drug-likeness (QED) is 0.891. The summed E-state index contributed by atoms with van der Waals surface area (Å²) >= 11 is 0. The Hall–Kier alpha value is -1.55. The fraction of sp³-hybridized carbons (Fsp3) is 0.500. The second-order valence-corrected chi connectivity index (χ2v) is 4.51. The van der Waals surface area contributed by atoms with E-state index < -0.39 is 0 Å². The Morgan fingerprint density at radius 2 is 1.94 bits per heavy atom. The van der Waals surface area contributed by atoms with Crippen LogP contribution < -0.4 is 0 Å². The number of rotatable bonds is 3. The van der Waals surface area contributed by atoms with Crippen LogP contribution in [0.3, 0.4) is 0 Å². The van der Waals surface area contributed by atoms with Crippen molar-refractivity contribution in [3.8, 4) is 0 Å². The average Bonchev–Trinajstić information content (AvgIpc) is 2.46. The molecular weight excluding hydrogens is 230 g/mol. The molecule has 1 aromatic rings. The van der Waals surface area contributed by atoms with Gasteiger partial charge in [0.15, 0.2) is 0 Å². The normalized spacial score (nSPS) is 16.6. The Labute approximate surface area is 107 Å². The number of carbonyl (C=O) groups excluding carboxylic acids is 1. The second kappa shape index (κ2) is 6.40. The molecule has 98 valence electrons. The van der Waals surface area contributed by atoms with Crippen molar-refractivity contribution >= 4 is 6.09 Å². The zero-order valence-corrected chi connectivity index (χ0v) is 10.4. The zero-order valence-electron chi connectivity index (χ0n) is 10.4. The molecule has 18 heavy (non-hydrogen) atoms. The molecular formula is C14H19NO3. The fourth-order valence-electron chi connectivity index (χ4n) is 2.34. The van der Waals surface area contributed by atoms with Gasteiger partial charge in [0, 0.05) is 13.1 Å². The summed E-state index contributed by atoms with van der Waals surface area (Å²) in [7, 11) is 0. The number of ether oxygens (including phenoxy) is 1. The van der Waals surface area contributed by atoms with Crippen molar-refractivity contribution in [1.82, 2.24) is 4.90 Å². The number of aliphatic hydroxyl groups is 1. The van der Waals surface area contributed by atoms with Crippen LogP contribution >= 0.6 is 0 Å². The van der Waals surface area contributed by atoms with Gasteiger partial charge in [0.05, 0.1) is 6.61 Å². The van der Waals surface area contributed by atoms with Crippen molar-refractivity contribution in [2.45, 2.75) is 18.8 Å². The van der Waals surface area contributed by atoms with E-state index in [2.05, 4.69) is 24.3 Å². The number of piperidine rings is 1. The van der Waals surface area contributed by atoms with E-state index in [0.29, 0.717) is 5.92 Å². The molecule has 0 radical (unpaired) electrons. The van der Waals surface area contributed by atoms with Crippen LogP contribution in [-0.4, -0.2) is 42.4 Å². The van der Waals surface area contributed by atoms with Crippen molar-refractivity contribution in [1.29, 1.82) is 0 Å². The average molecular weight is 249 g/mol. The lowest BCUT2D eigenvalue weighted by molar-refractivity contribution is 0.0767. The fourth-order valence-corrected chi connectivity index (χ4v) is 2.34. The van der Waals surface area contributed by atoms with Gasteiger partial charge in [-0.25, -0.2) is 4.79 Å². The monoisotopic (exact) mass is 249 g/mol. The van der Waals surface area contributed by atoms with Gasteiger partial charge in [0.1, 0.15) is 6.61 Å². The van der Waals surface area contributed by atoms with Crippen molar-refractivity contribution in [3.05, 3.63) is 35.9 Å². The Balaban J connectivity index is 1.83. The van der Waals surface area contributed by atoms with E-state index in [1.165, 1.54) is 5.56 Å². The first-order valence-electron chi connectivity index (χ1n) is 6.39. The van der Waals surface area contributed by atoms with Gasteiger partial charge in [-0.05, 0) is 24.3 Å². The van der Waals surface area contributed by atoms with Crippen LogP contribution in [0.1, 0.15) is 24.3 Å². The highest BCUT2D eigenvalue weighted by atomic mass is 16.6. The number of hydrogen-bond acceptors (Lipinski definition) is 3. The van der Waals surface area contributed by atoms with Gasteiger partial charge >= 0.3 is 6.09 Å². The molecule has 1 aliphatic heterocycles. The molecule has 0 bridgehead atoms. The van der Waals surface area contributed by atoms with E-state index in [-0.39, 0.29) is 19.3 Å². The summed E-state index contributed by atoms with van der Waals surface area (Å²) in [5.41, 5.74) is 1.35. The molecule has 1 amide bonds. The summed E-state index contributed by atoms with van der Waals surface area (Å²) in [5.74, 6) is 0.535. The highest BCUT2D eigenvalue weighted by molar-refractivity contribution is 5.67. The van der Waals surface area contributed by atoms with Crippen molar-refractivity contribution in [2.75, 3.05) is 26.3 Å². The standard InChI is InChI=1S/C14H19NO3/c16-10-11-18-14(17)15-8-6-13(7-9-15)12-4-2-1-3-5-12/h1-5,13,16H,6-11H2. The maximum Gasteiger partial charge on any atom is 0.409 e. The highest BCUT2D eigenvalue weighted by Crippen LogP contribution is 2.27. The van der Waals surface area contributed by atoms with E-state index in [0.717, 1.165) is 25.9 Å². The van der Waals surface area contributed by atoms with Gasteiger partial charge in [-0.3, -0.25) is 0 Å². The van der Waals surface area contributed by atoms with E-state index in [1.807, 2.05) is 6.07 Å². The molecule has 0 aliphatic carbocycles. The smallest absolute Gasteiger partial charge is 0.409 e. The topological polar surface area (TPSA) is 49.8 Å². The maximum atomic E-state index is 11.6. The first kappa shape index (κ1) is 12.9. The Morgan fingerprint density at radius 3 is 2.56 bits per heavy atom. The predicted molar refractivity (Wildman–Crippen MR) is 68.4 cm³/mol. The Kier molecular flexibility index (Phi) is 4.59.